The van der Waals surface area contributed by atoms with Crippen molar-refractivity contribution in [1.82, 2.24) is 5.32 Å². The standard InChI is InChI=1S/C24H20N2O3S/c1-28-20-14-8-11-18(22(20)29-16-17-9-4-2-5-10-17)15-21-23(27)26-24(30-21)25-19-12-6-3-7-13-19/h2-15H,16H2,1H3,(H,25,26,27)/b21-15-. The van der Waals surface area contributed by atoms with E-state index < -0.39 is 0 Å². The molecule has 0 unspecified atom stereocenters. The topological polar surface area (TPSA) is 59.9 Å². The van der Waals surface area contributed by atoms with Crippen molar-refractivity contribution >= 4 is 34.6 Å². The molecule has 0 bridgehead atoms. The van der Waals surface area contributed by atoms with Crippen LogP contribution in [0.1, 0.15) is 11.1 Å². The van der Waals surface area contributed by atoms with Crippen LogP contribution in [-0.2, 0) is 11.4 Å². The molecule has 4 rings (SSSR count). The highest BCUT2D eigenvalue weighted by molar-refractivity contribution is 8.18. The number of nitrogens with one attached hydrogen (secondary N) is 1. The Morgan fingerprint density at radius 3 is 2.43 bits per heavy atom. The third-order valence-electron chi connectivity index (χ3n) is 4.38. The van der Waals surface area contributed by atoms with Gasteiger partial charge in [0.2, 0.25) is 0 Å². The molecule has 0 saturated carbocycles. The van der Waals surface area contributed by atoms with E-state index >= 15 is 0 Å². The first kappa shape index (κ1) is 19.8. The molecule has 1 saturated heterocycles. The van der Waals surface area contributed by atoms with Crippen molar-refractivity contribution in [3.8, 4) is 11.5 Å². The van der Waals surface area contributed by atoms with Crippen molar-refractivity contribution in [3.05, 3.63) is 94.9 Å². The summed E-state index contributed by atoms with van der Waals surface area (Å²) in [6.45, 7) is 0.400. The molecule has 1 aliphatic heterocycles. The highest BCUT2D eigenvalue weighted by Crippen LogP contribution is 2.36. The maximum absolute atomic E-state index is 12.5. The lowest BCUT2D eigenvalue weighted by Gasteiger charge is -2.13. The maximum Gasteiger partial charge on any atom is 0.264 e. The summed E-state index contributed by atoms with van der Waals surface area (Å²) < 4.78 is 11.6. The first-order chi connectivity index (χ1) is 14.7. The molecule has 30 heavy (non-hydrogen) atoms. The van der Waals surface area contributed by atoms with Crippen LogP contribution in [0.15, 0.2) is 88.8 Å². The van der Waals surface area contributed by atoms with Crippen LogP contribution in [0.3, 0.4) is 0 Å². The summed E-state index contributed by atoms with van der Waals surface area (Å²) in [6, 6.07) is 25.0. The Kier molecular flexibility index (Phi) is 6.15. The van der Waals surface area contributed by atoms with Crippen LogP contribution in [0.4, 0.5) is 5.69 Å². The molecule has 0 aliphatic carbocycles. The van der Waals surface area contributed by atoms with Gasteiger partial charge in [-0.15, -0.1) is 0 Å². The Morgan fingerprint density at radius 2 is 1.70 bits per heavy atom. The van der Waals surface area contributed by atoms with Crippen LogP contribution < -0.4 is 14.8 Å². The fraction of sp³-hybridized carbons (Fsp3) is 0.0833. The van der Waals surface area contributed by atoms with E-state index in [1.807, 2.05) is 78.9 Å². The number of hydrogen-bond donors (Lipinski definition) is 1. The van der Waals surface area contributed by atoms with Crippen LogP contribution in [0.2, 0.25) is 0 Å². The van der Waals surface area contributed by atoms with Gasteiger partial charge in [-0.3, -0.25) is 4.79 Å². The van der Waals surface area contributed by atoms with E-state index in [2.05, 4.69) is 10.3 Å². The summed E-state index contributed by atoms with van der Waals surface area (Å²) >= 11 is 1.30. The monoisotopic (exact) mass is 416 g/mol. The average molecular weight is 417 g/mol. The Hall–Kier alpha value is -3.51. The molecule has 1 amide bonds. The molecule has 0 atom stereocenters. The predicted molar refractivity (Wildman–Crippen MR) is 121 cm³/mol. The van der Waals surface area contributed by atoms with Gasteiger partial charge in [-0.1, -0.05) is 60.7 Å². The summed E-state index contributed by atoms with van der Waals surface area (Å²) in [7, 11) is 1.60. The van der Waals surface area contributed by atoms with Gasteiger partial charge in [-0.25, -0.2) is 4.99 Å². The number of carbonyl (C=O) groups excluding carboxylic acids is 1. The minimum Gasteiger partial charge on any atom is -0.493 e. The second-order valence-corrected chi connectivity index (χ2v) is 7.50. The highest BCUT2D eigenvalue weighted by Gasteiger charge is 2.24. The van der Waals surface area contributed by atoms with Gasteiger partial charge in [0.15, 0.2) is 16.7 Å². The van der Waals surface area contributed by atoms with Crippen LogP contribution in [0, 0.1) is 0 Å². The van der Waals surface area contributed by atoms with Crippen molar-refractivity contribution in [1.29, 1.82) is 0 Å². The lowest BCUT2D eigenvalue weighted by atomic mass is 10.1. The summed E-state index contributed by atoms with van der Waals surface area (Å²) in [5.41, 5.74) is 2.60. The normalized spacial score (nSPS) is 16.0. The number of amides is 1. The Balaban J connectivity index is 1.59. The van der Waals surface area contributed by atoms with Crippen LogP contribution in [0.25, 0.3) is 6.08 Å². The van der Waals surface area contributed by atoms with E-state index in [0.29, 0.717) is 28.2 Å². The number of rotatable bonds is 6. The number of amidine groups is 1. The minimum absolute atomic E-state index is 0.188. The van der Waals surface area contributed by atoms with Crippen molar-refractivity contribution < 1.29 is 14.3 Å². The number of methoxy groups -OCH3 is 1. The lowest BCUT2D eigenvalue weighted by Crippen LogP contribution is -2.19. The van der Waals surface area contributed by atoms with Crippen LogP contribution >= 0.6 is 11.8 Å². The van der Waals surface area contributed by atoms with Crippen molar-refractivity contribution in [3.63, 3.8) is 0 Å². The Labute approximate surface area is 179 Å². The van der Waals surface area contributed by atoms with E-state index in [4.69, 9.17) is 9.47 Å². The van der Waals surface area contributed by atoms with Gasteiger partial charge < -0.3 is 14.8 Å². The number of ether oxygens (including phenoxy) is 2. The summed E-state index contributed by atoms with van der Waals surface area (Å²) in [4.78, 5) is 17.5. The second-order valence-electron chi connectivity index (χ2n) is 6.47. The number of aliphatic imine (C=N–C) groups is 1. The van der Waals surface area contributed by atoms with Gasteiger partial charge in [0.25, 0.3) is 5.91 Å². The quantitative estimate of drug-likeness (QED) is 0.564. The zero-order valence-electron chi connectivity index (χ0n) is 16.4. The molecule has 1 heterocycles. The molecular weight excluding hydrogens is 396 g/mol. The summed E-state index contributed by atoms with van der Waals surface area (Å²) in [5.74, 6) is 1.02. The van der Waals surface area contributed by atoms with Gasteiger partial charge in [0.1, 0.15) is 6.61 Å². The van der Waals surface area contributed by atoms with Crippen LogP contribution in [-0.4, -0.2) is 18.2 Å². The third kappa shape index (κ3) is 4.72. The summed E-state index contributed by atoms with van der Waals surface area (Å²) in [5, 5.41) is 3.36. The van der Waals surface area contributed by atoms with Gasteiger partial charge in [0, 0.05) is 5.56 Å². The number of para-hydroxylation sites is 2. The second kappa shape index (κ2) is 9.33. The Bertz CT molecular complexity index is 1100. The number of carbonyl (C=O) groups is 1. The van der Waals surface area contributed by atoms with Crippen molar-refractivity contribution in [2.45, 2.75) is 6.61 Å². The van der Waals surface area contributed by atoms with E-state index in [-0.39, 0.29) is 5.91 Å². The molecule has 3 aromatic rings. The molecule has 3 aromatic carbocycles. The number of hydrogen-bond acceptors (Lipinski definition) is 5. The third-order valence-corrected chi connectivity index (χ3v) is 5.29. The SMILES string of the molecule is COc1cccc(/C=C2\SC(=Nc3ccccc3)NC2=O)c1OCc1ccccc1. The number of nitrogens with zero attached hydrogens (tertiary/aromatic N) is 1. The van der Waals surface area contributed by atoms with Gasteiger partial charge in [-0.05, 0) is 41.6 Å². The highest BCUT2D eigenvalue weighted by atomic mass is 32.2. The van der Waals surface area contributed by atoms with E-state index in [1.54, 1.807) is 13.2 Å². The molecule has 6 heteroatoms. The summed E-state index contributed by atoms with van der Waals surface area (Å²) in [6.07, 6.45) is 1.80. The molecule has 0 radical (unpaired) electrons. The first-order valence-electron chi connectivity index (χ1n) is 9.41. The number of thioether (sulfide) groups is 1. The molecule has 1 N–H and O–H groups in total. The van der Waals surface area contributed by atoms with Gasteiger partial charge >= 0.3 is 0 Å². The minimum atomic E-state index is -0.188. The van der Waals surface area contributed by atoms with E-state index in [1.165, 1.54) is 11.8 Å². The first-order valence-corrected chi connectivity index (χ1v) is 10.2. The molecular formula is C24H20N2O3S. The molecule has 0 spiro atoms. The zero-order valence-corrected chi connectivity index (χ0v) is 17.2. The smallest absolute Gasteiger partial charge is 0.264 e. The van der Waals surface area contributed by atoms with Crippen LogP contribution in [0.5, 0.6) is 11.5 Å². The molecule has 5 nitrogen and oxygen atoms in total. The van der Waals surface area contributed by atoms with Gasteiger partial charge in [0.05, 0.1) is 17.7 Å². The molecule has 1 aliphatic rings. The van der Waals surface area contributed by atoms with E-state index in [9.17, 15) is 4.79 Å². The number of benzene rings is 3. The zero-order chi connectivity index (χ0) is 20.8. The molecule has 0 aromatic heterocycles. The Morgan fingerprint density at radius 1 is 0.967 bits per heavy atom. The largest absolute Gasteiger partial charge is 0.493 e. The maximum atomic E-state index is 12.5. The van der Waals surface area contributed by atoms with E-state index in [0.717, 1.165) is 16.8 Å². The fourth-order valence-electron chi connectivity index (χ4n) is 2.93. The predicted octanol–water partition coefficient (Wildman–Crippen LogP) is 5.17. The lowest BCUT2D eigenvalue weighted by molar-refractivity contribution is -0.115. The van der Waals surface area contributed by atoms with Crippen molar-refractivity contribution in [2.24, 2.45) is 4.99 Å². The van der Waals surface area contributed by atoms with Crippen molar-refractivity contribution in [2.75, 3.05) is 7.11 Å². The molecule has 150 valence electrons. The van der Waals surface area contributed by atoms with Gasteiger partial charge in [-0.2, -0.15) is 0 Å². The average Bonchev–Trinajstić information content (AvgIpc) is 3.12. The fourth-order valence-corrected chi connectivity index (χ4v) is 3.77. The molecule has 1 fully saturated rings.